The number of amides is 1. The van der Waals surface area contributed by atoms with Gasteiger partial charge in [0.1, 0.15) is 0 Å². The summed E-state index contributed by atoms with van der Waals surface area (Å²) in [6.07, 6.45) is 0. The van der Waals surface area contributed by atoms with E-state index in [9.17, 15) is 9.28 Å². The molecule has 1 aromatic rings. The Labute approximate surface area is 76.9 Å². The molecule has 70 valence electrons. The SMILES string of the molecule is CC(C)N(F)C(=O)c1ccccc1. The minimum absolute atomic E-state index is 0.231. The Bertz CT molecular complexity index is 284. The van der Waals surface area contributed by atoms with E-state index in [1.54, 1.807) is 44.2 Å². The van der Waals surface area contributed by atoms with Crippen molar-refractivity contribution in [2.45, 2.75) is 19.9 Å². The van der Waals surface area contributed by atoms with Crippen LogP contribution in [0.5, 0.6) is 0 Å². The number of halogens is 1. The highest BCUT2D eigenvalue weighted by Crippen LogP contribution is 2.07. The summed E-state index contributed by atoms with van der Waals surface area (Å²) in [5.74, 6) is -0.587. The number of benzene rings is 1. The summed E-state index contributed by atoms with van der Waals surface area (Å²) in [5.41, 5.74) is 0.374. The highest BCUT2D eigenvalue weighted by Gasteiger charge is 2.17. The van der Waals surface area contributed by atoms with Crippen LogP contribution >= 0.6 is 0 Å². The number of hydrogen-bond donors (Lipinski definition) is 0. The van der Waals surface area contributed by atoms with E-state index in [0.717, 1.165) is 0 Å². The van der Waals surface area contributed by atoms with Crippen LogP contribution in [0, 0.1) is 0 Å². The number of carbonyl (C=O) groups excluding carboxylic acids is 1. The highest BCUT2D eigenvalue weighted by molar-refractivity contribution is 5.93. The van der Waals surface area contributed by atoms with Gasteiger partial charge in [0.25, 0.3) is 5.91 Å². The molecule has 1 aromatic carbocycles. The molecule has 0 saturated carbocycles. The first kappa shape index (κ1) is 9.71. The van der Waals surface area contributed by atoms with E-state index in [-0.39, 0.29) is 5.12 Å². The predicted molar refractivity (Wildman–Crippen MR) is 48.9 cm³/mol. The van der Waals surface area contributed by atoms with Crippen LogP contribution in [0.3, 0.4) is 0 Å². The van der Waals surface area contributed by atoms with Crippen molar-refractivity contribution < 1.29 is 9.28 Å². The molecule has 0 aliphatic rings. The van der Waals surface area contributed by atoms with Crippen molar-refractivity contribution in [3.63, 3.8) is 0 Å². The summed E-state index contributed by atoms with van der Waals surface area (Å²) in [6.45, 7) is 3.25. The molecule has 0 aliphatic heterocycles. The molecule has 0 radical (unpaired) electrons. The maximum Gasteiger partial charge on any atom is 0.281 e. The average Bonchev–Trinajstić information content (AvgIpc) is 2.17. The van der Waals surface area contributed by atoms with E-state index in [0.29, 0.717) is 5.56 Å². The molecule has 0 unspecified atom stereocenters. The Hall–Kier alpha value is -1.38. The summed E-state index contributed by atoms with van der Waals surface area (Å²) in [5, 5.41) is 0.231. The van der Waals surface area contributed by atoms with Crippen molar-refractivity contribution in [1.29, 1.82) is 0 Å². The van der Waals surface area contributed by atoms with E-state index >= 15 is 0 Å². The third kappa shape index (κ3) is 2.28. The molecule has 0 aromatic heterocycles. The summed E-state index contributed by atoms with van der Waals surface area (Å²) >= 11 is 0. The van der Waals surface area contributed by atoms with Gasteiger partial charge in [0.2, 0.25) is 0 Å². The molecule has 3 heteroatoms. The van der Waals surface area contributed by atoms with Crippen LogP contribution in [0.4, 0.5) is 4.48 Å². The summed E-state index contributed by atoms with van der Waals surface area (Å²) in [7, 11) is 0. The molecule has 0 aliphatic carbocycles. The molecular formula is C10H12FNO. The molecular weight excluding hydrogens is 169 g/mol. The van der Waals surface area contributed by atoms with Gasteiger partial charge in [-0.1, -0.05) is 22.7 Å². The van der Waals surface area contributed by atoms with E-state index < -0.39 is 11.9 Å². The van der Waals surface area contributed by atoms with Crippen molar-refractivity contribution >= 4 is 5.91 Å². The van der Waals surface area contributed by atoms with Crippen LogP contribution < -0.4 is 0 Å². The number of hydrogen-bond acceptors (Lipinski definition) is 1. The molecule has 0 bridgehead atoms. The fraction of sp³-hybridized carbons (Fsp3) is 0.300. The van der Waals surface area contributed by atoms with Crippen LogP contribution in [-0.4, -0.2) is 17.1 Å². The van der Waals surface area contributed by atoms with Crippen molar-refractivity contribution in [1.82, 2.24) is 5.12 Å². The normalized spacial score (nSPS) is 10.2. The smallest absolute Gasteiger partial charge is 0.266 e. The Morgan fingerprint density at radius 1 is 1.31 bits per heavy atom. The first-order valence-corrected chi connectivity index (χ1v) is 4.17. The first-order chi connectivity index (χ1) is 6.13. The lowest BCUT2D eigenvalue weighted by atomic mass is 10.2. The van der Waals surface area contributed by atoms with Crippen LogP contribution in [0.2, 0.25) is 0 Å². The maximum absolute atomic E-state index is 13.1. The zero-order chi connectivity index (χ0) is 9.84. The molecule has 1 amide bonds. The third-order valence-electron chi connectivity index (χ3n) is 1.67. The van der Waals surface area contributed by atoms with Gasteiger partial charge in [-0.05, 0) is 26.0 Å². The summed E-state index contributed by atoms with van der Waals surface area (Å²) < 4.78 is 13.1. The zero-order valence-electron chi connectivity index (χ0n) is 7.70. The van der Waals surface area contributed by atoms with Crippen LogP contribution in [0.15, 0.2) is 30.3 Å². The fourth-order valence-corrected chi connectivity index (χ4v) is 0.939. The molecule has 0 N–H and O–H groups in total. The van der Waals surface area contributed by atoms with E-state index in [2.05, 4.69) is 0 Å². The second-order valence-electron chi connectivity index (χ2n) is 3.08. The standard InChI is InChI=1S/C10H12FNO/c1-8(2)12(11)10(13)9-6-4-3-5-7-9/h3-8H,1-2H3. The van der Waals surface area contributed by atoms with Gasteiger partial charge < -0.3 is 0 Å². The Kier molecular flexibility index (Phi) is 3.01. The topological polar surface area (TPSA) is 20.3 Å². The second-order valence-corrected chi connectivity index (χ2v) is 3.08. The van der Waals surface area contributed by atoms with Crippen molar-refractivity contribution in [2.24, 2.45) is 0 Å². The van der Waals surface area contributed by atoms with Crippen molar-refractivity contribution in [3.8, 4) is 0 Å². The van der Waals surface area contributed by atoms with Gasteiger partial charge in [0.05, 0.1) is 6.04 Å². The lowest BCUT2D eigenvalue weighted by Crippen LogP contribution is -2.29. The molecule has 0 fully saturated rings. The van der Waals surface area contributed by atoms with Gasteiger partial charge in [-0.25, -0.2) is 0 Å². The summed E-state index contributed by atoms with van der Waals surface area (Å²) in [4.78, 5) is 11.3. The number of nitrogens with zero attached hydrogens (tertiary/aromatic N) is 1. The van der Waals surface area contributed by atoms with Crippen LogP contribution in [-0.2, 0) is 0 Å². The summed E-state index contributed by atoms with van der Waals surface area (Å²) in [6, 6.07) is 7.97. The highest BCUT2D eigenvalue weighted by atomic mass is 19.2. The third-order valence-corrected chi connectivity index (χ3v) is 1.67. The molecule has 2 nitrogen and oxygen atoms in total. The second kappa shape index (κ2) is 4.03. The Morgan fingerprint density at radius 2 is 1.85 bits per heavy atom. The van der Waals surface area contributed by atoms with Crippen LogP contribution in [0.1, 0.15) is 24.2 Å². The zero-order valence-corrected chi connectivity index (χ0v) is 7.70. The number of carbonyl (C=O) groups is 1. The predicted octanol–water partition coefficient (Wildman–Crippen LogP) is 2.42. The molecule has 0 spiro atoms. The van der Waals surface area contributed by atoms with Gasteiger partial charge in [0, 0.05) is 5.56 Å². The minimum atomic E-state index is -0.587. The van der Waals surface area contributed by atoms with Gasteiger partial charge in [-0.3, -0.25) is 4.79 Å². The van der Waals surface area contributed by atoms with Gasteiger partial charge >= 0.3 is 0 Å². The molecule has 0 atom stereocenters. The van der Waals surface area contributed by atoms with Crippen molar-refractivity contribution in [3.05, 3.63) is 35.9 Å². The fourth-order valence-electron chi connectivity index (χ4n) is 0.939. The maximum atomic E-state index is 13.1. The Morgan fingerprint density at radius 3 is 2.31 bits per heavy atom. The quantitative estimate of drug-likeness (QED) is 0.641. The van der Waals surface area contributed by atoms with E-state index in [4.69, 9.17) is 0 Å². The van der Waals surface area contributed by atoms with Gasteiger partial charge in [-0.2, -0.15) is 5.12 Å². The average molecular weight is 181 g/mol. The molecule has 13 heavy (non-hydrogen) atoms. The number of rotatable bonds is 2. The van der Waals surface area contributed by atoms with E-state index in [1.165, 1.54) is 0 Å². The van der Waals surface area contributed by atoms with E-state index in [1.807, 2.05) is 0 Å². The molecule has 1 rings (SSSR count). The Balaban J connectivity index is 2.80. The minimum Gasteiger partial charge on any atom is -0.266 e. The largest absolute Gasteiger partial charge is 0.281 e. The molecule has 0 saturated heterocycles. The lowest BCUT2D eigenvalue weighted by Gasteiger charge is -2.15. The monoisotopic (exact) mass is 181 g/mol. The first-order valence-electron chi connectivity index (χ1n) is 4.17. The van der Waals surface area contributed by atoms with Crippen LogP contribution in [0.25, 0.3) is 0 Å². The van der Waals surface area contributed by atoms with Gasteiger partial charge in [-0.15, -0.1) is 0 Å². The van der Waals surface area contributed by atoms with Gasteiger partial charge in [0.15, 0.2) is 0 Å². The molecule has 0 heterocycles. The van der Waals surface area contributed by atoms with Crippen molar-refractivity contribution in [2.75, 3.05) is 0 Å². The lowest BCUT2D eigenvalue weighted by molar-refractivity contribution is 0.00211.